The molecule has 0 radical (unpaired) electrons. The molecular formula is C16H21NO3. The third-order valence-electron chi connectivity index (χ3n) is 4.23. The Hall–Kier alpha value is -1.84. The Kier molecular flexibility index (Phi) is 4.12. The molecule has 1 aliphatic carbocycles. The monoisotopic (exact) mass is 275 g/mol. The van der Waals surface area contributed by atoms with Crippen LogP contribution in [0.2, 0.25) is 0 Å². The molecule has 0 saturated heterocycles. The molecular weight excluding hydrogens is 254 g/mol. The van der Waals surface area contributed by atoms with Crippen LogP contribution in [0.1, 0.15) is 42.4 Å². The minimum atomic E-state index is -1.05. The highest BCUT2D eigenvalue weighted by atomic mass is 16.4. The van der Waals surface area contributed by atoms with E-state index in [-0.39, 0.29) is 12.3 Å². The molecule has 1 aromatic rings. The molecule has 2 rings (SSSR count). The molecule has 0 heterocycles. The summed E-state index contributed by atoms with van der Waals surface area (Å²) in [6.07, 6.45) is 3.02. The lowest BCUT2D eigenvalue weighted by atomic mass is 9.95. The molecule has 0 spiro atoms. The summed E-state index contributed by atoms with van der Waals surface area (Å²) in [4.78, 5) is 23.6. The molecule has 0 aliphatic heterocycles. The lowest BCUT2D eigenvalue weighted by Crippen LogP contribution is -2.53. The van der Waals surface area contributed by atoms with Crippen molar-refractivity contribution in [1.82, 2.24) is 5.32 Å². The third kappa shape index (κ3) is 2.84. The number of carbonyl (C=O) groups excluding carboxylic acids is 1. The first kappa shape index (κ1) is 14.6. The fraction of sp³-hybridized carbons (Fsp3) is 0.500. The lowest BCUT2D eigenvalue weighted by molar-refractivity contribution is -0.147. The quantitative estimate of drug-likeness (QED) is 0.886. The number of aryl methyl sites for hydroxylation is 2. The Morgan fingerprint density at radius 1 is 1.20 bits per heavy atom. The van der Waals surface area contributed by atoms with Gasteiger partial charge in [0.2, 0.25) is 5.91 Å². The van der Waals surface area contributed by atoms with Crippen molar-refractivity contribution in [3.05, 3.63) is 34.9 Å². The predicted molar refractivity (Wildman–Crippen MR) is 76.6 cm³/mol. The van der Waals surface area contributed by atoms with Gasteiger partial charge in [0.25, 0.3) is 0 Å². The third-order valence-corrected chi connectivity index (χ3v) is 4.23. The van der Waals surface area contributed by atoms with E-state index in [9.17, 15) is 14.7 Å². The van der Waals surface area contributed by atoms with E-state index in [2.05, 4.69) is 5.32 Å². The van der Waals surface area contributed by atoms with Crippen LogP contribution in [-0.2, 0) is 16.0 Å². The van der Waals surface area contributed by atoms with Crippen LogP contribution in [-0.4, -0.2) is 22.5 Å². The van der Waals surface area contributed by atoms with E-state index in [0.717, 1.165) is 29.5 Å². The molecule has 1 amide bonds. The largest absolute Gasteiger partial charge is 0.480 e. The van der Waals surface area contributed by atoms with Gasteiger partial charge in [-0.2, -0.15) is 0 Å². The van der Waals surface area contributed by atoms with Crippen molar-refractivity contribution in [2.24, 2.45) is 0 Å². The van der Waals surface area contributed by atoms with Gasteiger partial charge in [-0.1, -0.05) is 31.0 Å². The number of hydrogen-bond acceptors (Lipinski definition) is 2. The first-order chi connectivity index (χ1) is 9.44. The van der Waals surface area contributed by atoms with Crippen molar-refractivity contribution in [2.45, 2.75) is 51.5 Å². The maximum absolute atomic E-state index is 12.2. The second kappa shape index (κ2) is 5.65. The van der Waals surface area contributed by atoms with Crippen molar-refractivity contribution in [3.8, 4) is 0 Å². The van der Waals surface area contributed by atoms with Gasteiger partial charge in [-0.3, -0.25) is 4.79 Å². The summed E-state index contributed by atoms with van der Waals surface area (Å²) in [5, 5.41) is 12.1. The molecule has 1 saturated carbocycles. The van der Waals surface area contributed by atoms with Crippen LogP contribution in [0.3, 0.4) is 0 Å². The van der Waals surface area contributed by atoms with E-state index >= 15 is 0 Å². The Labute approximate surface area is 119 Å². The minimum absolute atomic E-state index is 0.202. The molecule has 4 heteroatoms. The summed E-state index contributed by atoms with van der Waals surface area (Å²) in [7, 11) is 0. The van der Waals surface area contributed by atoms with Gasteiger partial charge in [0, 0.05) is 0 Å². The number of aliphatic carboxylic acids is 1. The molecule has 1 aliphatic rings. The van der Waals surface area contributed by atoms with E-state index in [1.54, 1.807) is 0 Å². The molecule has 2 N–H and O–H groups in total. The van der Waals surface area contributed by atoms with Crippen LogP contribution in [0.15, 0.2) is 18.2 Å². The Morgan fingerprint density at radius 2 is 1.75 bits per heavy atom. The van der Waals surface area contributed by atoms with E-state index in [1.807, 2.05) is 32.0 Å². The normalized spacial score (nSPS) is 16.9. The van der Waals surface area contributed by atoms with Gasteiger partial charge in [-0.05, 0) is 43.4 Å². The molecule has 0 aromatic heterocycles. The van der Waals surface area contributed by atoms with Crippen molar-refractivity contribution in [1.29, 1.82) is 0 Å². The highest BCUT2D eigenvalue weighted by Gasteiger charge is 2.42. The van der Waals surface area contributed by atoms with Gasteiger partial charge in [-0.25, -0.2) is 4.79 Å². The fourth-order valence-electron chi connectivity index (χ4n) is 2.97. The first-order valence-electron chi connectivity index (χ1n) is 7.04. The summed E-state index contributed by atoms with van der Waals surface area (Å²) in [5.74, 6) is -1.11. The number of rotatable bonds is 4. The van der Waals surface area contributed by atoms with Crippen LogP contribution >= 0.6 is 0 Å². The number of carboxylic acid groups (broad SMARTS) is 1. The zero-order chi connectivity index (χ0) is 14.8. The number of benzene rings is 1. The van der Waals surface area contributed by atoms with Crippen molar-refractivity contribution in [2.75, 3.05) is 0 Å². The van der Waals surface area contributed by atoms with E-state index in [1.165, 1.54) is 0 Å². The zero-order valence-corrected chi connectivity index (χ0v) is 12.0. The van der Waals surface area contributed by atoms with Gasteiger partial charge in [-0.15, -0.1) is 0 Å². The molecule has 0 unspecified atom stereocenters. The van der Waals surface area contributed by atoms with E-state index < -0.39 is 11.5 Å². The molecule has 0 atom stereocenters. The fourth-order valence-corrected chi connectivity index (χ4v) is 2.97. The molecule has 4 nitrogen and oxygen atoms in total. The molecule has 0 bridgehead atoms. The SMILES string of the molecule is Cc1cccc(C)c1CC(=O)NC1(C(=O)O)CCCC1. The van der Waals surface area contributed by atoms with Crippen molar-refractivity contribution >= 4 is 11.9 Å². The van der Waals surface area contributed by atoms with Crippen LogP contribution in [0.4, 0.5) is 0 Å². The van der Waals surface area contributed by atoms with Gasteiger partial charge in [0.1, 0.15) is 5.54 Å². The smallest absolute Gasteiger partial charge is 0.329 e. The number of amides is 1. The molecule has 108 valence electrons. The minimum Gasteiger partial charge on any atom is -0.480 e. The number of carboxylic acids is 1. The average Bonchev–Trinajstić information content (AvgIpc) is 2.84. The van der Waals surface area contributed by atoms with Gasteiger partial charge in [0.05, 0.1) is 6.42 Å². The Bertz CT molecular complexity index is 510. The molecule has 1 aromatic carbocycles. The van der Waals surface area contributed by atoms with Crippen molar-refractivity contribution < 1.29 is 14.7 Å². The topological polar surface area (TPSA) is 66.4 Å². The maximum Gasteiger partial charge on any atom is 0.329 e. The van der Waals surface area contributed by atoms with E-state index in [0.29, 0.717) is 12.8 Å². The summed E-state index contributed by atoms with van der Waals surface area (Å²) < 4.78 is 0. The standard InChI is InChI=1S/C16H21NO3/c1-11-6-5-7-12(2)13(11)10-14(18)17-16(15(19)20)8-3-4-9-16/h5-7H,3-4,8-10H2,1-2H3,(H,17,18)(H,19,20). The van der Waals surface area contributed by atoms with Gasteiger partial charge < -0.3 is 10.4 Å². The number of nitrogens with one attached hydrogen (secondary N) is 1. The van der Waals surface area contributed by atoms with Crippen LogP contribution < -0.4 is 5.32 Å². The van der Waals surface area contributed by atoms with Crippen LogP contribution in [0.5, 0.6) is 0 Å². The van der Waals surface area contributed by atoms with Gasteiger partial charge in [0.15, 0.2) is 0 Å². The predicted octanol–water partition coefficient (Wildman–Crippen LogP) is 2.36. The van der Waals surface area contributed by atoms with Gasteiger partial charge >= 0.3 is 5.97 Å². The van der Waals surface area contributed by atoms with E-state index in [4.69, 9.17) is 0 Å². The average molecular weight is 275 g/mol. The van der Waals surface area contributed by atoms with Crippen LogP contribution in [0.25, 0.3) is 0 Å². The zero-order valence-electron chi connectivity index (χ0n) is 12.0. The summed E-state index contributed by atoms with van der Waals surface area (Å²) >= 11 is 0. The first-order valence-corrected chi connectivity index (χ1v) is 7.04. The number of carbonyl (C=O) groups is 2. The van der Waals surface area contributed by atoms with Crippen molar-refractivity contribution in [3.63, 3.8) is 0 Å². The summed E-state index contributed by atoms with van der Waals surface area (Å²) in [5.41, 5.74) is 2.07. The second-order valence-electron chi connectivity index (χ2n) is 5.69. The summed E-state index contributed by atoms with van der Waals surface area (Å²) in [6, 6.07) is 5.90. The van der Waals surface area contributed by atoms with Crippen LogP contribution in [0, 0.1) is 13.8 Å². The number of hydrogen-bond donors (Lipinski definition) is 2. The maximum atomic E-state index is 12.2. The second-order valence-corrected chi connectivity index (χ2v) is 5.69. The Balaban J connectivity index is 2.11. The Morgan fingerprint density at radius 3 is 2.25 bits per heavy atom. The summed E-state index contributed by atoms with van der Waals surface area (Å²) in [6.45, 7) is 3.94. The highest BCUT2D eigenvalue weighted by molar-refractivity contribution is 5.88. The highest BCUT2D eigenvalue weighted by Crippen LogP contribution is 2.30. The lowest BCUT2D eigenvalue weighted by Gasteiger charge is -2.25. The molecule has 1 fully saturated rings. The molecule has 20 heavy (non-hydrogen) atoms.